The molecule has 0 saturated carbocycles. The minimum Gasteiger partial charge on any atom is -0.481 e. The first-order chi connectivity index (χ1) is 14.7. The molecule has 0 aromatic carbocycles. The quantitative estimate of drug-likeness (QED) is 0.561. The van der Waals surface area contributed by atoms with Crippen molar-refractivity contribution in [3.05, 3.63) is 0 Å². The number of carboxylic acids is 2. The van der Waals surface area contributed by atoms with E-state index in [1.807, 2.05) is 0 Å². The highest BCUT2D eigenvalue weighted by Crippen LogP contribution is 2.35. The van der Waals surface area contributed by atoms with Crippen LogP contribution in [0.25, 0.3) is 0 Å². The molecule has 0 aliphatic carbocycles. The third-order valence-electron chi connectivity index (χ3n) is 7.35. The summed E-state index contributed by atoms with van der Waals surface area (Å²) >= 11 is 0. The number of piperidine rings is 2. The Kier molecular flexibility index (Phi) is 7.80. The van der Waals surface area contributed by atoms with Gasteiger partial charge in [-0.15, -0.1) is 0 Å². The van der Waals surface area contributed by atoms with Crippen molar-refractivity contribution in [2.24, 2.45) is 11.3 Å². The molecule has 2 N–H and O–H groups in total. The summed E-state index contributed by atoms with van der Waals surface area (Å²) < 4.78 is 5.56. The van der Waals surface area contributed by atoms with Gasteiger partial charge in [-0.1, -0.05) is 0 Å². The van der Waals surface area contributed by atoms with Gasteiger partial charge in [0, 0.05) is 19.1 Å². The second-order valence-electron chi connectivity index (χ2n) is 9.77. The monoisotopic (exact) mass is 439 g/mol. The van der Waals surface area contributed by atoms with Crippen LogP contribution in [0.2, 0.25) is 0 Å². The molecule has 0 spiro atoms. The van der Waals surface area contributed by atoms with Crippen LogP contribution in [-0.2, 0) is 14.3 Å². The van der Waals surface area contributed by atoms with Crippen LogP contribution in [-0.4, -0.2) is 101 Å². The summed E-state index contributed by atoms with van der Waals surface area (Å²) in [5.74, 6) is -1.46. The van der Waals surface area contributed by atoms with E-state index in [1.54, 1.807) is 4.90 Å². The Morgan fingerprint density at radius 2 is 1.77 bits per heavy atom. The van der Waals surface area contributed by atoms with Gasteiger partial charge in [-0.2, -0.15) is 0 Å². The van der Waals surface area contributed by atoms with E-state index >= 15 is 0 Å². The highest BCUT2D eigenvalue weighted by molar-refractivity contribution is 5.81. The van der Waals surface area contributed by atoms with Crippen LogP contribution in [0.5, 0.6) is 0 Å². The molecule has 1 unspecified atom stereocenters. The molecule has 3 heterocycles. The smallest absolute Gasteiger partial charge is 0.410 e. The van der Waals surface area contributed by atoms with Gasteiger partial charge < -0.3 is 24.7 Å². The number of likely N-dealkylation sites (tertiary alicyclic amines) is 2. The molecule has 3 rings (SSSR count). The van der Waals surface area contributed by atoms with Crippen molar-refractivity contribution in [2.75, 3.05) is 45.8 Å². The zero-order valence-corrected chi connectivity index (χ0v) is 18.8. The molecule has 31 heavy (non-hydrogen) atoms. The van der Waals surface area contributed by atoms with Gasteiger partial charge in [-0.3, -0.25) is 14.5 Å². The SMILES string of the molecule is CC(C)N1CCC(CCN2CC(CN3CCC(CC(=O)O)(C(=O)O)CC3)OC2=O)CC1. The van der Waals surface area contributed by atoms with Crippen molar-refractivity contribution < 1.29 is 29.3 Å². The molecule has 3 aliphatic rings. The Labute approximate surface area is 184 Å². The fourth-order valence-corrected chi connectivity index (χ4v) is 5.16. The van der Waals surface area contributed by atoms with Crippen molar-refractivity contribution in [2.45, 2.75) is 64.5 Å². The largest absolute Gasteiger partial charge is 0.481 e. The average molecular weight is 440 g/mol. The van der Waals surface area contributed by atoms with Crippen molar-refractivity contribution in [3.8, 4) is 0 Å². The number of carbonyl (C=O) groups is 3. The minimum absolute atomic E-state index is 0.216. The predicted octanol–water partition coefficient (Wildman–Crippen LogP) is 1.96. The van der Waals surface area contributed by atoms with Gasteiger partial charge in [0.15, 0.2) is 0 Å². The highest BCUT2D eigenvalue weighted by Gasteiger charge is 2.44. The molecule has 9 heteroatoms. The van der Waals surface area contributed by atoms with Crippen molar-refractivity contribution in [1.82, 2.24) is 14.7 Å². The topological polar surface area (TPSA) is 111 Å². The fourth-order valence-electron chi connectivity index (χ4n) is 5.16. The Hall–Kier alpha value is -1.87. The zero-order valence-electron chi connectivity index (χ0n) is 18.8. The minimum atomic E-state index is -1.19. The number of hydrogen-bond donors (Lipinski definition) is 2. The van der Waals surface area contributed by atoms with Crippen LogP contribution in [0.4, 0.5) is 4.79 Å². The molecule has 0 bridgehead atoms. The molecule has 0 aromatic heterocycles. The van der Waals surface area contributed by atoms with E-state index in [9.17, 15) is 19.5 Å². The Morgan fingerprint density at radius 1 is 1.13 bits per heavy atom. The van der Waals surface area contributed by atoms with E-state index in [-0.39, 0.29) is 18.6 Å². The Balaban J connectivity index is 1.40. The first-order valence-electron chi connectivity index (χ1n) is 11.6. The lowest BCUT2D eigenvalue weighted by molar-refractivity contribution is -0.159. The van der Waals surface area contributed by atoms with Crippen molar-refractivity contribution in [1.29, 1.82) is 0 Å². The van der Waals surface area contributed by atoms with Gasteiger partial charge in [-0.25, -0.2) is 4.79 Å². The number of aliphatic carboxylic acids is 2. The lowest BCUT2D eigenvalue weighted by Gasteiger charge is -2.38. The summed E-state index contributed by atoms with van der Waals surface area (Å²) in [5.41, 5.74) is -1.19. The van der Waals surface area contributed by atoms with Crippen LogP contribution in [0.3, 0.4) is 0 Å². The molecule has 0 aromatic rings. The molecule has 3 saturated heterocycles. The van der Waals surface area contributed by atoms with Crippen LogP contribution in [0.15, 0.2) is 0 Å². The highest BCUT2D eigenvalue weighted by atomic mass is 16.6. The molecule has 176 valence electrons. The van der Waals surface area contributed by atoms with Crippen LogP contribution >= 0.6 is 0 Å². The van der Waals surface area contributed by atoms with Gasteiger partial charge in [-0.05, 0) is 78.0 Å². The number of nitrogens with zero attached hydrogens (tertiary/aromatic N) is 3. The molecular weight excluding hydrogens is 402 g/mol. The van der Waals surface area contributed by atoms with Gasteiger partial charge in [0.05, 0.1) is 18.4 Å². The summed E-state index contributed by atoms with van der Waals surface area (Å²) in [6, 6.07) is 0.592. The molecule has 1 amide bonds. The summed E-state index contributed by atoms with van der Waals surface area (Å²) in [4.78, 5) is 41.4. The van der Waals surface area contributed by atoms with Gasteiger partial charge in [0.1, 0.15) is 6.10 Å². The summed E-state index contributed by atoms with van der Waals surface area (Å²) in [7, 11) is 0. The average Bonchev–Trinajstić information content (AvgIpc) is 3.06. The lowest BCUT2D eigenvalue weighted by atomic mass is 9.75. The fraction of sp³-hybridized carbons (Fsp3) is 0.864. The van der Waals surface area contributed by atoms with Crippen LogP contribution < -0.4 is 0 Å². The molecule has 3 aliphatic heterocycles. The van der Waals surface area contributed by atoms with Gasteiger partial charge >= 0.3 is 18.0 Å². The van der Waals surface area contributed by atoms with E-state index in [0.717, 1.165) is 26.1 Å². The van der Waals surface area contributed by atoms with Crippen molar-refractivity contribution in [3.63, 3.8) is 0 Å². The molecule has 9 nitrogen and oxygen atoms in total. The number of carbonyl (C=O) groups excluding carboxylic acids is 1. The Bertz CT molecular complexity index is 654. The van der Waals surface area contributed by atoms with Crippen LogP contribution in [0, 0.1) is 11.3 Å². The maximum Gasteiger partial charge on any atom is 0.410 e. The standard InChI is InChI=1S/C22H37N3O6/c1-16(2)24-8-3-17(4-9-24)5-10-25-15-18(31-21(25)30)14-23-11-6-22(7-12-23,20(28)29)13-19(26)27/h16-18H,3-15H2,1-2H3,(H,26,27)(H,28,29). The number of cyclic esters (lactones) is 1. The first-order valence-corrected chi connectivity index (χ1v) is 11.6. The lowest BCUT2D eigenvalue weighted by Crippen LogP contribution is -2.47. The number of ether oxygens (including phenoxy) is 1. The molecule has 0 radical (unpaired) electrons. The van der Waals surface area contributed by atoms with E-state index in [4.69, 9.17) is 9.84 Å². The number of carboxylic acid groups (broad SMARTS) is 2. The summed E-state index contributed by atoms with van der Waals surface area (Å²) in [5, 5.41) is 18.6. The third kappa shape index (κ3) is 6.10. The molecule has 1 atom stereocenters. The van der Waals surface area contributed by atoms with E-state index in [0.29, 0.717) is 51.0 Å². The maximum atomic E-state index is 12.3. The van der Waals surface area contributed by atoms with Crippen LogP contribution in [0.1, 0.15) is 52.4 Å². The summed E-state index contributed by atoms with van der Waals surface area (Å²) in [6.07, 6.45) is 3.15. The summed E-state index contributed by atoms with van der Waals surface area (Å²) in [6.45, 7) is 9.59. The third-order valence-corrected chi connectivity index (χ3v) is 7.35. The number of rotatable bonds is 9. The number of hydrogen-bond acceptors (Lipinski definition) is 6. The first kappa shape index (κ1) is 23.8. The predicted molar refractivity (Wildman–Crippen MR) is 114 cm³/mol. The second kappa shape index (κ2) is 10.2. The van der Waals surface area contributed by atoms with Gasteiger partial charge in [0.2, 0.25) is 0 Å². The zero-order chi connectivity index (χ0) is 22.6. The maximum absolute atomic E-state index is 12.3. The second-order valence-corrected chi connectivity index (χ2v) is 9.77. The molecule has 3 fully saturated rings. The van der Waals surface area contributed by atoms with Gasteiger partial charge in [0.25, 0.3) is 0 Å². The normalized spacial score (nSPS) is 25.7. The van der Waals surface area contributed by atoms with E-state index in [2.05, 4.69) is 23.6 Å². The number of amides is 1. The molecular formula is C22H37N3O6. The Morgan fingerprint density at radius 3 is 2.32 bits per heavy atom. The van der Waals surface area contributed by atoms with E-state index < -0.39 is 17.4 Å². The van der Waals surface area contributed by atoms with Crippen molar-refractivity contribution >= 4 is 18.0 Å². The van der Waals surface area contributed by atoms with E-state index in [1.165, 1.54) is 12.8 Å².